The Bertz CT molecular complexity index is 1530. The van der Waals surface area contributed by atoms with Crippen LogP contribution in [0, 0.1) is 0 Å². The van der Waals surface area contributed by atoms with Crippen LogP contribution in [0.15, 0.2) is 94.6 Å². The summed E-state index contributed by atoms with van der Waals surface area (Å²) in [6.45, 7) is 0.842. The van der Waals surface area contributed by atoms with E-state index >= 15 is 0 Å². The lowest BCUT2D eigenvalue weighted by atomic mass is 9.80. The normalized spacial score (nSPS) is 19.4. The van der Waals surface area contributed by atoms with E-state index in [0.717, 1.165) is 46.3 Å². The van der Waals surface area contributed by atoms with Crippen LogP contribution in [-0.4, -0.2) is 31.8 Å². The number of aryl methyl sites for hydroxylation is 1. The van der Waals surface area contributed by atoms with Crippen LogP contribution in [0.1, 0.15) is 24.1 Å². The molecule has 4 heterocycles. The number of thioether (sulfide) groups is 1. The van der Waals surface area contributed by atoms with Gasteiger partial charge in [0.25, 0.3) is 0 Å². The number of ether oxygens (including phenoxy) is 1. The van der Waals surface area contributed by atoms with Crippen LogP contribution in [0.2, 0.25) is 5.02 Å². The van der Waals surface area contributed by atoms with Crippen molar-refractivity contribution in [2.45, 2.75) is 28.5 Å². The molecule has 0 bridgehead atoms. The first kappa shape index (κ1) is 25.1. The summed E-state index contributed by atoms with van der Waals surface area (Å²) in [6.07, 6.45) is 3.68. The van der Waals surface area contributed by atoms with Crippen molar-refractivity contribution in [2.75, 3.05) is 6.54 Å². The summed E-state index contributed by atoms with van der Waals surface area (Å²) in [4.78, 5) is 6.17. The Balaban J connectivity index is 1.28. The third-order valence-electron chi connectivity index (χ3n) is 6.87. The van der Waals surface area contributed by atoms with Crippen molar-refractivity contribution in [1.29, 1.82) is 0 Å². The third kappa shape index (κ3) is 4.97. The zero-order valence-electron chi connectivity index (χ0n) is 20.8. The van der Waals surface area contributed by atoms with Crippen LogP contribution < -0.4 is 10.1 Å². The molecule has 1 N–H and O–H groups in total. The van der Waals surface area contributed by atoms with E-state index in [1.54, 1.807) is 22.2 Å². The topological polar surface area (TPSA) is 64.9 Å². The van der Waals surface area contributed by atoms with Crippen LogP contribution in [0.3, 0.4) is 0 Å². The zero-order chi connectivity index (χ0) is 26.0. The van der Waals surface area contributed by atoms with Gasteiger partial charge in [-0.25, -0.2) is 9.67 Å². The maximum atomic E-state index is 6.44. The number of pyridine rings is 1. The highest BCUT2D eigenvalue weighted by atomic mass is 35.5. The number of nitrogens with one attached hydrogen (secondary N) is 1. The van der Waals surface area contributed by atoms with Gasteiger partial charge >= 0.3 is 0 Å². The standard InChI is InChI=1S/C29H26ClN5OS2/c1-35-24(18-32-34-35)22-7-2-4-9-25(22)36-28-12-6-11-27(33-28)29(20-14-16-37-19-20)15-13-21(17-31-29)38-26-10-5-3-8-23(26)30/h2-12,14,16,18-19,21,31H,13,15,17H2,1H3. The number of nitrogens with zero attached hydrogens (tertiary/aromatic N) is 4. The molecular formula is C29H26ClN5OS2. The number of hydrogen-bond acceptors (Lipinski definition) is 7. The fourth-order valence-electron chi connectivity index (χ4n) is 4.92. The molecule has 9 heteroatoms. The van der Waals surface area contributed by atoms with E-state index in [1.165, 1.54) is 5.56 Å². The van der Waals surface area contributed by atoms with E-state index in [2.05, 4.69) is 44.6 Å². The highest BCUT2D eigenvalue weighted by Gasteiger charge is 2.40. The fraction of sp³-hybridized carbons (Fsp3) is 0.207. The summed E-state index contributed by atoms with van der Waals surface area (Å²) in [5.41, 5.74) is 3.59. The number of aromatic nitrogens is 4. The van der Waals surface area contributed by atoms with E-state index in [0.29, 0.717) is 16.9 Å². The van der Waals surface area contributed by atoms with Gasteiger partial charge in [0.15, 0.2) is 0 Å². The molecule has 1 saturated heterocycles. The first-order chi connectivity index (χ1) is 18.6. The fourth-order valence-corrected chi connectivity index (χ4v) is 7.02. The number of para-hydroxylation sites is 1. The minimum Gasteiger partial charge on any atom is -0.438 e. The second-order valence-corrected chi connectivity index (χ2v) is 11.7. The summed E-state index contributed by atoms with van der Waals surface area (Å²) >= 11 is 9.99. The first-order valence-corrected chi connectivity index (χ1v) is 14.6. The molecule has 0 amide bonds. The van der Waals surface area contributed by atoms with Gasteiger partial charge in [-0.05, 0) is 65.6 Å². The van der Waals surface area contributed by atoms with Gasteiger partial charge in [0.1, 0.15) is 5.75 Å². The largest absolute Gasteiger partial charge is 0.438 e. The molecule has 5 aromatic rings. The van der Waals surface area contributed by atoms with E-state index in [9.17, 15) is 0 Å². The van der Waals surface area contributed by atoms with Crippen molar-refractivity contribution in [3.05, 3.63) is 106 Å². The number of halogens is 1. The molecule has 6 rings (SSSR count). The van der Waals surface area contributed by atoms with Crippen molar-refractivity contribution in [2.24, 2.45) is 7.05 Å². The lowest BCUT2D eigenvalue weighted by molar-refractivity contribution is 0.306. The van der Waals surface area contributed by atoms with Gasteiger partial charge in [-0.2, -0.15) is 11.3 Å². The van der Waals surface area contributed by atoms with Gasteiger partial charge in [-0.3, -0.25) is 0 Å². The molecular weight excluding hydrogens is 534 g/mol. The third-order valence-corrected chi connectivity index (χ3v) is 9.34. The second kappa shape index (κ2) is 10.9. The van der Waals surface area contributed by atoms with Crippen molar-refractivity contribution >= 4 is 34.7 Å². The number of benzene rings is 2. The van der Waals surface area contributed by atoms with Gasteiger partial charge in [-0.1, -0.05) is 47.1 Å². The molecule has 3 aromatic heterocycles. The van der Waals surface area contributed by atoms with Gasteiger partial charge in [0.05, 0.1) is 28.1 Å². The summed E-state index contributed by atoms with van der Waals surface area (Å²) in [5.74, 6) is 1.26. The van der Waals surface area contributed by atoms with Gasteiger partial charge in [0.2, 0.25) is 5.88 Å². The smallest absolute Gasteiger partial charge is 0.219 e. The Morgan fingerprint density at radius 3 is 2.71 bits per heavy atom. The predicted octanol–water partition coefficient (Wildman–Crippen LogP) is 7.17. The summed E-state index contributed by atoms with van der Waals surface area (Å²) in [7, 11) is 1.87. The highest BCUT2D eigenvalue weighted by Crippen LogP contribution is 2.42. The molecule has 0 aliphatic carbocycles. The zero-order valence-corrected chi connectivity index (χ0v) is 23.1. The second-order valence-electron chi connectivity index (χ2n) is 9.21. The molecule has 1 aliphatic rings. The number of rotatable bonds is 7. The van der Waals surface area contributed by atoms with Crippen molar-refractivity contribution in [3.63, 3.8) is 0 Å². The van der Waals surface area contributed by atoms with Crippen molar-refractivity contribution < 1.29 is 4.74 Å². The maximum absolute atomic E-state index is 6.44. The Labute approximate surface area is 235 Å². The van der Waals surface area contributed by atoms with Gasteiger partial charge in [-0.15, -0.1) is 16.9 Å². The monoisotopic (exact) mass is 559 g/mol. The number of piperidine rings is 1. The van der Waals surface area contributed by atoms with Crippen molar-refractivity contribution in [3.8, 4) is 22.9 Å². The molecule has 0 spiro atoms. The molecule has 1 aliphatic heterocycles. The highest BCUT2D eigenvalue weighted by molar-refractivity contribution is 8.00. The molecule has 0 saturated carbocycles. The molecule has 2 aromatic carbocycles. The Hall–Kier alpha value is -3.17. The Morgan fingerprint density at radius 1 is 1.08 bits per heavy atom. The average Bonchev–Trinajstić information content (AvgIpc) is 3.64. The molecule has 2 atom stereocenters. The Kier molecular flexibility index (Phi) is 7.21. The van der Waals surface area contributed by atoms with Crippen LogP contribution in [0.25, 0.3) is 11.3 Å². The summed E-state index contributed by atoms with van der Waals surface area (Å²) in [6, 6.07) is 24.2. The van der Waals surface area contributed by atoms with Crippen LogP contribution in [0.5, 0.6) is 11.6 Å². The summed E-state index contributed by atoms with van der Waals surface area (Å²) in [5, 5.41) is 17.5. The van der Waals surface area contributed by atoms with Crippen LogP contribution in [0.4, 0.5) is 0 Å². The minimum absolute atomic E-state index is 0.387. The van der Waals surface area contributed by atoms with Gasteiger partial charge in [0, 0.05) is 35.4 Å². The first-order valence-electron chi connectivity index (χ1n) is 12.4. The maximum Gasteiger partial charge on any atom is 0.219 e. The average molecular weight is 560 g/mol. The molecule has 38 heavy (non-hydrogen) atoms. The van der Waals surface area contributed by atoms with E-state index in [4.69, 9.17) is 21.3 Å². The molecule has 6 nitrogen and oxygen atoms in total. The van der Waals surface area contributed by atoms with Crippen LogP contribution >= 0.6 is 34.7 Å². The quantitative estimate of drug-likeness (QED) is 0.228. The molecule has 2 unspecified atom stereocenters. The molecule has 0 radical (unpaired) electrons. The SMILES string of the molecule is Cn1nncc1-c1ccccc1Oc1cccc(C2(c3ccsc3)CCC(Sc3ccccc3Cl)CN2)n1. The number of thiophene rings is 1. The molecule has 1 fully saturated rings. The van der Waals surface area contributed by atoms with E-state index in [1.807, 2.05) is 73.4 Å². The summed E-state index contributed by atoms with van der Waals surface area (Å²) < 4.78 is 8.11. The predicted molar refractivity (Wildman–Crippen MR) is 154 cm³/mol. The number of hydrogen-bond donors (Lipinski definition) is 1. The lowest BCUT2D eigenvalue weighted by Crippen LogP contribution is -2.50. The van der Waals surface area contributed by atoms with Crippen LogP contribution in [-0.2, 0) is 12.6 Å². The lowest BCUT2D eigenvalue weighted by Gasteiger charge is -2.41. The van der Waals surface area contributed by atoms with E-state index in [-0.39, 0.29) is 5.54 Å². The minimum atomic E-state index is -0.387. The molecule has 192 valence electrons. The van der Waals surface area contributed by atoms with Crippen molar-refractivity contribution in [1.82, 2.24) is 25.3 Å². The Morgan fingerprint density at radius 2 is 1.95 bits per heavy atom. The van der Waals surface area contributed by atoms with E-state index < -0.39 is 0 Å². The van der Waals surface area contributed by atoms with Gasteiger partial charge < -0.3 is 10.1 Å².